The SMILES string of the molecule is C=CCOc1c(I)cc(/C=N\Nc2ccc(C(F)(F)F)cn2)cc1OCC. The number of anilines is 1. The largest absolute Gasteiger partial charge is 0.490 e. The molecule has 0 unspecified atom stereocenters. The zero-order chi connectivity index (χ0) is 19.9. The Hall–Kier alpha value is -2.30. The van der Waals surface area contributed by atoms with Crippen molar-refractivity contribution in [1.29, 1.82) is 0 Å². The third-order valence-electron chi connectivity index (χ3n) is 3.16. The second kappa shape index (κ2) is 9.58. The Balaban J connectivity index is 2.13. The lowest BCUT2D eigenvalue weighted by Crippen LogP contribution is -2.05. The molecule has 2 aromatic rings. The van der Waals surface area contributed by atoms with E-state index in [2.05, 4.69) is 44.7 Å². The summed E-state index contributed by atoms with van der Waals surface area (Å²) in [6, 6.07) is 5.75. The maximum Gasteiger partial charge on any atom is 0.417 e. The maximum absolute atomic E-state index is 12.5. The quantitative estimate of drug-likeness (QED) is 0.241. The van der Waals surface area contributed by atoms with Gasteiger partial charge in [0.15, 0.2) is 11.5 Å². The number of hydrogen-bond donors (Lipinski definition) is 1. The summed E-state index contributed by atoms with van der Waals surface area (Å²) in [4.78, 5) is 3.69. The molecule has 0 amide bonds. The number of nitrogens with one attached hydrogen (secondary N) is 1. The van der Waals surface area contributed by atoms with Gasteiger partial charge < -0.3 is 9.47 Å². The van der Waals surface area contributed by atoms with Crippen molar-refractivity contribution in [3.63, 3.8) is 0 Å². The highest BCUT2D eigenvalue weighted by Gasteiger charge is 2.30. The smallest absolute Gasteiger partial charge is 0.417 e. The molecule has 1 aromatic carbocycles. The van der Waals surface area contributed by atoms with Gasteiger partial charge in [-0.3, -0.25) is 5.43 Å². The number of alkyl halides is 3. The second-order valence-corrected chi connectivity index (χ2v) is 6.32. The lowest BCUT2D eigenvalue weighted by molar-refractivity contribution is -0.137. The molecule has 1 aromatic heterocycles. The van der Waals surface area contributed by atoms with Crippen molar-refractivity contribution >= 4 is 34.6 Å². The van der Waals surface area contributed by atoms with Gasteiger partial charge in [-0.15, -0.1) is 0 Å². The van der Waals surface area contributed by atoms with Crippen LogP contribution in [0.2, 0.25) is 0 Å². The Morgan fingerprint density at radius 3 is 2.67 bits per heavy atom. The Labute approximate surface area is 168 Å². The summed E-state index contributed by atoms with van der Waals surface area (Å²) in [5, 5.41) is 4.00. The summed E-state index contributed by atoms with van der Waals surface area (Å²) in [6.07, 6.45) is -0.514. The highest BCUT2D eigenvalue weighted by Crippen LogP contribution is 2.34. The van der Waals surface area contributed by atoms with E-state index in [-0.39, 0.29) is 5.82 Å². The molecule has 144 valence electrons. The molecule has 1 heterocycles. The van der Waals surface area contributed by atoms with Crippen LogP contribution >= 0.6 is 22.6 Å². The lowest BCUT2D eigenvalue weighted by Gasteiger charge is -2.13. The summed E-state index contributed by atoms with van der Waals surface area (Å²) < 4.78 is 49.6. The molecule has 9 heteroatoms. The summed E-state index contributed by atoms with van der Waals surface area (Å²) in [6.45, 7) is 6.30. The molecule has 0 aliphatic carbocycles. The topological polar surface area (TPSA) is 55.7 Å². The average molecular weight is 491 g/mol. The first-order valence-electron chi connectivity index (χ1n) is 7.87. The second-order valence-electron chi connectivity index (χ2n) is 5.16. The van der Waals surface area contributed by atoms with Gasteiger partial charge >= 0.3 is 6.18 Å². The molecule has 0 saturated heterocycles. The Morgan fingerprint density at radius 1 is 1.30 bits per heavy atom. The fraction of sp³-hybridized carbons (Fsp3) is 0.222. The molecule has 2 rings (SSSR count). The zero-order valence-electron chi connectivity index (χ0n) is 14.4. The normalized spacial score (nSPS) is 11.4. The third-order valence-corrected chi connectivity index (χ3v) is 3.96. The number of halogens is 4. The van der Waals surface area contributed by atoms with Gasteiger partial charge in [0.2, 0.25) is 0 Å². The van der Waals surface area contributed by atoms with Gasteiger partial charge in [-0.05, 0) is 59.3 Å². The van der Waals surface area contributed by atoms with Crippen molar-refractivity contribution in [3.05, 3.63) is 57.8 Å². The van der Waals surface area contributed by atoms with Gasteiger partial charge in [0, 0.05) is 6.20 Å². The van der Waals surface area contributed by atoms with Crippen LogP contribution in [0, 0.1) is 3.57 Å². The van der Waals surface area contributed by atoms with E-state index in [4.69, 9.17) is 9.47 Å². The van der Waals surface area contributed by atoms with E-state index < -0.39 is 11.7 Å². The minimum Gasteiger partial charge on any atom is -0.490 e. The molecule has 0 bridgehead atoms. The zero-order valence-corrected chi connectivity index (χ0v) is 16.5. The van der Waals surface area contributed by atoms with Crippen LogP contribution in [0.1, 0.15) is 18.1 Å². The molecule has 0 saturated carbocycles. The van der Waals surface area contributed by atoms with E-state index in [1.165, 1.54) is 12.3 Å². The van der Waals surface area contributed by atoms with Crippen molar-refractivity contribution < 1.29 is 22.6 Å². The Kier molecular flexibility index (Phi) is 7.45. The summed E-state index contributed by atoms with van der Waals surface area (Å²) in [5.74, 6) is 1.39. The van der Waals surface area contributed by atoms with E-state index in [1.54, 1.807) is 12.1 Å². The van der Waals surface area contributed by atoms with Crippen LogP contribution in [0.3, 0.4) is 0 Å². The fourth-order valence-corrected chi connectivity index (χ4v) is 2.79. The molecule has 0 atom stereocenters. The number of ether oxygens (including phenoxy) is 2. The standard InChI is InChI=1S/C18H17F3IN3O2/c1-3-7-27-17-14(22)8-12(9-15(17)26-4-2)10-24-25-16-6-5-13(11-23-16)18(19,20)21/h3,5-6,8-11H,1,4,7H2,2H3,(H,23,25)/b24-10-. The average Bonchev–Trinajstić information content (AvgIpc) is 2.61. The third kappa shape index (κ3) is 6.12. The number of hydrazone groups is 1. The van der Waals surface area contributed by atoms with Gasteiger partial charge in [-0.1, -0.05) is 12.7 Å². The van der Waals surface area contributed by atoms with Gasteiger partial charge in [0.05, 0.1) is 22.0 Å². The molecule has 1 N–H and O–H groups in total. The molecular weight excluding hydrogens is 474 g/mol. The summed E-state index contributed by atoms with van der Waals surface area (Å²) >= 11 is 2.13. The molecule has 0 radical (unpaired) electrons. The number of benzene rings is 1. The number of rotatable bonds is 8. The molecule has 0 aliphatic heterocycles. The summed E-state index contributed by atoms with van der Waals surface area (Å²) in [5.41, 5.74) is 2.51. The van der Waals surface area contributed by atoms with Crippen LogP contribution in [0.5, 0.6) is 11.5 Å². The van der Waals surface area contributed by atoms with E-state index in [9.17, 15) is 13.2 Å². The minimum atomic E-state index is -4.42. The van der Waals surface area contributed by atoms with Crippen molar-refractivity contribution in [2.45, 2.75) is 13.1 Å². The Morgan fingerprint density at radius 2 is 2.07 bits per heavy atom. The highest BCUT2D eigenvalue weighted by atomic mass is 127. The van der Waals surface area contributed by atoms with Gasteiger partial charge in [-0.2, -0.15) is 18.3 Å². The van der Waals surface area contributed by atoms with Crippen molar-refractivity contribution in [2.75, 3.05) is 18.6 Å². The van der Waals surface area contributed by atoms with Crippen LogP contribution in [0.4, 0.5) is 19.0 Å². The van der Waals surface area contributed by atoms with E-state index in [1.807, 2.05) is 13.0 Å². The first kappa shape index (κ1) is 21.0. The van der Waals surface area contributed by atoms with Crippen LogP contribution in [-0.2, 0) is 6.18 Å². The monoisotopic (exact) mass is 491 g/mol. The van der Waals surface area contributed by atoms with E-state index in [0.717, 1.165) is 21.4 Å². The van der Waals surface area contributed by atoms with Crippen LogP contribution in [0.15, 0.2) is 48.2 Å². The van der Waals surface area contributed by atoms with Crippen LogP contribution < -0.4 is 14.9 Å². The molecule has 0 aliphatic rings. The van der Waals surface area contributed by atoms with E-state index >= 15 is 0 Å². The molecule has 0 spiro atoms. The van der Waals surface area contributed by atoms with Crippen molar-refractivity contribution in [3.8, 4) is 11.5 Å². The van der Waals surface area contributed by atoms with Crippen LogP contribution in [0.25, 0.3) is 0 Å². The number of hydrogen-bond acceptors (Lipinski definition) is 5. The fourth-order valence-electron chi connectivity index (χ4n) is 2.01. The first-order chi connectivity index (χ1) is 12.8. The predicted octanol–water partition coefficient (Wildman–Crippen LogP) is 5.11. The molecule has 5 nitrogen and oxygen atoms in total. The first-order valence-corrected chi connectivity index (χ1v) is 8.95. The minimum absolute atomic E-state index is 0.199. The Bertz CT molecular complexity index is 809. The molecule has 0 fully saturated rings. The maximum atomic E-state index is 12.5. The van der Waals surface area contributed by atoms with Crippen molar-refractivity contribution in [1.82, 2.24) is 4.98 Å². The highest BCUT2D eigenvalue weighted by molar-refractivity contribution is 14.1. The lowest BCUT2D eigenvalue weighted by atomic mass is 10.2. The molecule has 27 heavy (non-hydrogen) atoms. The molecular formula is C18H17F3IN3O2. The van der Waals surface area contributed by atoms with Crippen molar-refractivity contribution in [2.24, 2.45) is 5.10 Å². The predicted molar refractivity (Wildman–Crippen MR) is 106 cm³/mol. The summed E-state index contributed by atoms with van der Waals surface area (Å²) in [7, 11) is 0. The number of nitrogens with zero attached hydrogens (tertiary/aromatic N) is 2. The van der Waals surface area contributed by atoms with Crippen LogP contribution in [-0.4, -0.2) is 24.4 Å². The number of aromatic nitrogens is 1. The van der Waals surface area contributed by atoms with Gasteiger partial charge in [0.25, 0.3) is 0 Å². The number of pyridine rings is 1. The van der Waals surface area contributed by atoms with E-state index in [0.29, 0.717) is 24.7 Å². The van der Waals surface area contributed by atoms with Gasteiger partial charge in [-0.25, -0.2) is 4.98 Å². The van der Waals surface area contributed by atoms with Gasteiger partial charge in [0.1, 0.15) is 12.4 Å².